The zero-order chi connectivity index (χ0) is 13.7. The first kappa shape index (κ1) is 14.7. The Hall–Kier alpha value is -1.32. The maximum Gasteiger partial charge on any atom is 0.416 e. The van der Waals surface area contributed by atoms with Crippen molar-refractivity contribution in [2.24, 2.45) is 5.92 Å². The van der Waals surface area contributed by atoms with Gasteiger partial charge in [-0.2, -0.15) is 0 Å². The lowest BCUT2D eigenvalue weighted by Gasteiger charge is -2.22. The fourth-order valence-electron chi connectivity index (χ4n) is 2.04. The van der Waals surface area contributed by atoms with Crippen LogP contribution in [0.2, 0.25) is 0 Å². The summed E-state index contributed by atoms with van der Waals surface area (Å²) >= 11 is 0. The molecule has 0 saturated carbocycles. The highest BCUT2D eigenvalue weighted by atomic mass is 16.6. The Labute approximate surface area is 109 Å². The summed E-state index contributed by atoms with van der Waals surface area (Å²) in [6.45, 7) is 10.1. The number of ether oxygens (including phenoxy) is 1. The highest BCUT2D eigenvalue weighted by Gasteiger charge is 2.38. The van der Waals surface area contributed by atoms with Crippen LogP contribution in [-0.2, 0) is 9.53 Å². The molecular formula is C14H23NO3. The van der Waals surface area contributed by atoms with Gasteiger partial charge >= 0.3 is 6.09 Å². The Morgan fingerprint density at radius 1 is 1.44 bits per heavy atom. The molecule has 0 aromatic rings. The summed E-state index contributed by atoms with van der Waals surface area (Å²) in [4.78, 5) is 24.9. The van der Waals surface area contributed by atoms with Crippen molar-refractivity contribution in [1.82, 2.24) is 4.90 Å². The minimum absolute atomic E-state index is 0.105. The molecule has 0 aliphatic carbocycles. The fraction of sp³-hybridized carbons (Fsp3) is 0.714. The molecule has 18 heavy (non-hydrogen) atoms. The van der Waals surface area contributed by atoms with Crippen molar-refractivity contribution >= 4 is 12.0 Å². The molecule has 1 saturated heterocycles. The topological polar surface area (TPSA) is 46.6 Å². The van der Waals surface area contributed by atoms with E-state index in [2.05, 4.69) is 6.58 Å². The molecule has 0 N–H and O–H groups in total. The van der Waals surface area contributed by atoms with Gasteiger partial charge in [-0.1, -0.05) is 19.4 Å². The summed E-state index contributed by atoms with van der Waals surface area (Å²) in [5.74, 6) is 0.119. The highest BCUT2D eigenvalue weighted by molar-refractivity contribution is 5.93. The van der Waals surface area contributed by atoms with Crippen LogP contribution >= 0.6 is 0 Å². The summed E-state index contributed by atoms with van der Waals surface area (Å²) < 4.78 is 4.96. The van der Waals surface area contributed by atoms with Gasteiger partial charge in [-0.15, -0.1) is 6.58 Å². The second-order valence-corrected chi connectivity index (χ2v) is 5.32. The monoisotopic (exact) mass is 253 g/mol. The molecule has 0 aromatic heterocycles. The van der Waals surface area contributed by atoms with Gasteiger partial charge in [0.2, 0.25) is 5.91 Å². The van der Waals surface area contributed by atoms with Crippen LogP contribution in [0.4, 0.5) is 4.79 Å². The molecule has 1 unspecified atom stereocenters. The number of imide groups is 1. The van der Waals surface area contributed by atoms with Crippen molar-refractivity contribution in [3.05, 3.63) is 12.2 Å². The number of nitrogens with zero attached hydrogens (tertiary/aromatic N) is 1. The Balaban J connectivity index is 2.44. The van der Waals surface area contributed by atoms with Gasteiger partial charge in [0.25, 0.3) is 0 Å². The van der Waals surface area contributed by atoms with Gasteiger partial charge in [-0.05, 0) is 32.1 Å². The van der Waals surface area contributed by atoms with Crippen molar-refractivity contribution in [3.8, 4) is 0 Å². The van der Waals surface area contributed by atoms with Gasteiger partial charge in [0.05, 0.1) is 6.04 Å². The maximum atomic E-state index is 12.0. The first-order chi connectivity index (χ1) is 8.43. The summed E-state index contributed by atoms with van der Waals surface area (Å²) in [5.41, 5.74) is 1.13. The molecule has 1 heterocycles. The molecule has 102 valence electrons. The van der Waals surface area contributed by atoms with Crippen molar-refractivity contribution < 1.29 is 14.3 Å². The maximum absolute atomic E-state index is 12.0. The van der Waals surface area contributed by atoms with Crippen LogP contribution in [0.3, 0.4) is 0 Å². The Kier molecular flexibility index (Phi) is 5.38. The fourth-order valence-corrected chi connectivity index (χ4v) is 2.04. The van der Waals surface area contributed by atoms with E-state index in [4.69, 9.17) is 4.74 Å². The van der Waals surface area contributed by atoms with Crippen molar-refractivity contribution in [2.75, 3.05) is 6.61 Å². The van der Waals surface area contributed by atoms with Crippen molar-refractivity contribution in [3.63, 3.8) is 0 Å². The average Bonchev–Trinajstić information content (AvgIpc) is 2.66. The van der Waals surface area contributed by atoms with Crippen molar-refractivity contribution in [1.29, 1.82) is 0 Å². The molecule has 1 rings (SSSR count). The van der Waals surface area contributed by atoms with E-state index in [0.29, 0.717) is 13.0 Å². The number of hydrogen-bond donors (Lipinski definition) is 0. The second kappa shape index (κ2) is 6.57. The quantitative estimate of drug-likeness (QED) is 0.539. The summed E-state index contributed by atoms with van der Waals surface area (Å²) in [6.07, 6.45) is 2.59. The molecule has 0 aromatic carbocycles. The van der Waals surface area contributed by atoms with Crippen LogP contribution in [0.25, 0.3) is 0 Å². The number of cyclic esters (lactones) is 1. The molecule has 1 fully saturated rings. The Morgan fingerprint density at radius 3 is 2.61 bits per heavy atom. The zero-order valence-corrected chi connectivity index (χ0v) is 11.6. The van der Waals surface area contributed by atoms with E-state index >= 15 is 0 Å². The van der Waals surface area contributed by atoms with Crippen LogP contribution in [0, 0.1) is 5.92 Å². The van der Waals surface area contributed by atoms with Crippen LogP contribution in [-0.4, -0.2) is 29.5 Å². The SMILES string of the molecule is C=C(C)CCCCC(=O)N1C(=O)OCC1C(C)C. The lowest BCUT2D eigenvalue weighted by Crippen LogP contribution is -2.41. The van der Waals surface area contributed by atoms with Gasteiger partial charge in [0, 0.05) is 6.42 Å². The van der Waals surface area contributed by atoms with E-state index in [0.717, 1.165) is 24.8 Å². The number of amides is 2. The number of carbonyl (C=O) groups excluding carboxylic acids is 2. The van der Waals surface area contributed by atoms with Gasteiger partial charge < -0.3 is 4.74 Å². The zero-order valence-electron chi connectivity index (χ0n) is 11.6. The lowest BCUT2D eigenvalue weighted by atomic mass is 10.0. The lowest BCUT2D eigenvalue weighted by molar-refractivity contribution is -0.129. The molecule has 1 aliphatic heterocycles. The summed E-state index contributed by atoms with van der Waals surface area (Å²) in [7, 11) is 0. The van der Waals surface area contributed by atoms with Gasteiger partial charge in [-0.3, -0.25) is 4.79 Å². The molecule has 4 nitrogen and oxygen atoms in total. The molecule has 1 aliphatic rings. The van der Waals surface area contributed by atoms with Gasteiger partial charge in [0.1, 0.15) is 6.61 Å². The van der Waals surface area contributed by atoms with Crippen LogP contribution < -0.4 is 0 Å². The van der Waals surface area contributed by atoms with Gasteiger partial charge in [0.15, 0.2) is 0 Å². The van der Waals surface area contributed by atoms with Crippen LogP contribution in [0.5, 0.6) is 0 Å². The van der Waals surface area contributed by atoms with Gasteiger partial charge in [-0.25, -0.2) is 9.69 Å². The minimum atomic E-state index is -0.487. The second-order valence-electron chi connectivity index (χ2n) is 5.32. The average molecular weight is 253 g/mol. The molecule has 1 atom stereocenters. The first-order valence-electron chi connectivity index (χ1n) is 6.56. The normalized spacial score (nSPS) is 19.2. The van der Waals surface area contributed by atoms with Crippen LogP contribution in [0.15, 0.2) is 12.2 Å². The number of carbonyl (C=O) groups is 2. The van der Waals surface area contributed by atoms with E-state index in [1.54, 1.807) is 0 Å². The predicted octanol–water partition coefficient (Wildman–Crippen LogP) is 3.13. The molecule has 4 heteroatoms. The molecule has 0 radical (unpaired) electrons. The third-order valence-corrected chi connectivity index (χ3v) is 3.19. The Bertz CT molecular complexity index is 336. The molecular weight excluding hydrogens is 230 g/mol. The third-order valence-electron chi connectivity index (χ3n) is 3.19. The number of rotatable bonds is 6. The summed E-state index contributed by atoms with van der Waals surface area (Å²) in [6, 6.07) is -0.105. The number of allylic oxidation sites excluding steroid dienone is 1. The highest BCUT2D eigenvalue weighted by Crippen LogP contribution is 2.21. The predicted molar refractivity (Wildman–Crippen MR) is 70.1 cm³/mol. The number of hydrogen-bond acceptors (Lipinski definition) is 3. The molecule has 2 amide bonds. The minimum Gasteiger partial charge on any atom is -0.447 e. The molecule has 0 bridgehead atoms. The van der Waals surface area contributed by atoms with E-state index in [9.17, 15) is 9.59 Å². The van der Waals surface area contributed by atoms with Crippen LogP contribution in [0.1, 0.15) is 46.5 Å². The molecule has 0 spiro atoms. The first-order valence-corrected chi connectivity index (χ1v) is 6.56. The smallest absolute Gasteiger partial charge is 0.416 e. The Morgan fingerprint density at radius 2 is 2.06 bits per heavy atom. The van der Waals surface area contributed by atoms with Crippen molar-refractivity contribution in [2.45, 2.75) is 52.5 Å². The van der Waals surface area contributed by atoms with E-state index < -0.39 is 6.09 Å². The standard InChI is InChI=1S/C14H23NO3/c1-10(2)7-5-6-8-13(16)15-12(11(3)4)9-18-14(15)17/h11-12H,1,5-9H2,2-4H3. The third kappa shape index (κ3) is 3.86. The summed E-state index contributed by atoms with van der Waals surface area (Å²) in [5, 5.41) is 0. The van der Waals surface area contributed by atoms with E-state index in [1.807, 2.05) is 20.8 Å². The van der Waals surface area contributed by atoms with E-state index in [-0.39, 0.29) is 17.9 Å². The number of unbranched alkanes of at least 4 members (excludes halogenated alkanes) is 1. The largest absolute Gasteiger partial charge is 0.447 e. The van der Waals surface area contributed by atoms with E-state index in [1.165, 1.54) is 4.90 Å².